The molecule has 2 atom stereocenters. The fraction of sp³-hybridized carbons (Fsp3) is 0.929. The molecule has 7 heteroatoms. The van der Waals surface area contributed by atoms with Crippen molar-refractivity contribution in [2.45, 2.75) is 57.2 Å². The SMILES string of the molecule is CC(N)C(=O)NC(C)C1(N2CCOCC2)CCCC1.Cl.Cl. The minimum absolute atomic E-state index is 0. The van der Waals surface area contributed by atoms with Crippen molar-refractivity contribution in [2.75, 3.05) is 26.3 Å². The van der Waals surface area contributed by atoms with Gasteiger partial charge in [-0.2, -0.15) is 0 Å². The molecule has 5 nitrogen and oxygen atoms in total. The fourth-order valence-corrected chi connectivity index (χ4v) is 3.50. The summed E-state index contributed by atoms with van der Waals surface area (Å²) in [5, 5.41) is 3.11. The van der Waals surface area contributed by atoms with E-state index in [1.165, 1.54) is 12.8 Å². The number of hydrogen-bond acceptors (Lipinski definition) is 4. The number of hydrogen-bond donors (Lipinski definition) is 2. The van der Waals surface area contributed by atoms with Gasteiger partial charge in [0, 0.05) is 24.7 Å². The molecule has 1 saturated carbocycles. The zero-order valence-electron chi connectivity index (χ0n) is 13.0. The van der Waals surface area contributed by atoms with E-state index in [1.807, 2.05) is 0 Å². The molecule has 3 N–H and O–H groups in total. The highest BCUT2D eigenvalue weighted by Gasteiger charge is 2.45. The Kier molecular flexibility index (Phi) is 9.12. The van der Waals surface area contributed by atoms with Crippen LogP contribution >= 0.6 is 24.8 Å². The summed E-state index contributed by atoms with van der Waals surface area (Å²) in [6.07, 6.45) is 4.81. The number of nitrogens with zero attached hydrogens (tertiary/aromatic N) is 1. The average Bonchev–Trinajstić information content (AvgIpc) is 2.90. The molecule has 0 bridgehead atoms. The number of carbonyl (C=O) groups is 1. The molecule has 2 unspecified atom stereocenters. The number of amides is 1. The molecule has 0 radical (unpaired) electrons. The van der Waals surface area contributed by atoms with E-state index in [4.69, 9.17) is 10.5 Å². The zero-order valence-corrected chi connectivity index (χ0v) is 14.6. The highest BCUT2D eigenvalue weighted by molar-refractivity contribution is 5.85. The van der Waals surface area contributed by atoms with Gasteiger partial charge in [0.15, 0.2) is 0 Å². The number of nitrogens with two attached hydrogens (primary N) is 1. The third kappa shape index (κ3) is 4.70. The van der Waals surface area contributed by atoms with Crippen LogP contribution in [0.5, 0.6) is 0 Å². The first-order valence-corrected chi connectivity index (χ1v) is 7.45. The maximum Gasteiger partial charge on any atom is 0.236 e. The number of halogens is 2. The van der Waals surface area contributed by atoms with Crippen LogP contribution in [0.25, 0.3) is 0 Å². The molecule has 1 aliphatic heterocycles. The van der Waals surface area contributed by atoms with Crippen molar-refractivity contribution >= 4 is 30.7 Å². The van der Waals surface area contributed by atoms with Crippen LogP contribution in [0, 0.1) is 0 Å². The Morgan fingerprint density at radius 1 is 1.19 bits per heavy atom. The Hall–Kier alpha value is -0.0700. The molecule has 0 aromatic heterocycles. The van der Waals surface area contributed by atoms with Gasteiger partial charge in [-0.15, -0.1) is 24.8 Å². The molecular formula is C14H29Cl2N3O2. The van der Waals surface area contributed by atoms with Gasteiger partial charge in [0.25, 0.3) is 0 Å². The van der Waals surface area contributed by atoms with Gasteiger partial charge in [-0.25, -0.2) is 0 Å². The van der Waals surface area contributed by atoms with Crippen molar-refractivity contribution in [3.05, 3.63) is 0 Å². The molecule has 2 aliphatic rings. The largest absolute Gasteiger partial charge is 0.379 e. The van der Waals surface area contributed by atoms with Gasteiger partial charge >= 0.3 is 0 Å². The Morgan fingerprint density at radius 2 is 1.71 bits per heavy atom. The van der Waals surface area contributed by atoms with Crippen LogP contribution in [0.15, 0.2) is 0 Å². The second-order valence-electron chi connectivity index (χ2n) is 5.93. The van der Waals surface area contributed by atoms with Crippen LogP contribution in [0.3, 0.4) is 0 Å². The highest BCUT2D eigenvalue weighted by atomic mass is 35.5. The van der Waals surface area contributed by atoms with Crippen molar-refractivity contribution in [3.63, 3.8) is 0 Å². The molecule has 1 aliphatic carbocycles. The van der Waals surface area contributed by atoms with Crippen LogP contribution in [0.1, 0.15) is 39.5 Å². The molecule has 21 heavy (non-hydrogen) atoms. The summed E-state index contributed by atoms with van der Waals surface area (Å²) in [5.74, 6) is -0.0490. The average molecular weight is 342 g/mol. The van der Waals surface area contributed by atoms with Crippen molar-refractivity contribution in [1.82, 2.24) is 10.2 Å². The van der Waals surface area contributed by atoms with Crippen molar-refractivity contribution in [1.29, 1.82) is 0 Å². The third-order valence-corrected chi connectivity index (χ3v) is 4.69. The lowest BCUT2D eigenvalue weighted by Crippen LogP contribution is -2.63. The Balaban J connectivity index is 0.00000200. The summed E-state index contributed by atoms with van der Waals surface area (Å²) in [6, 6.07) is -0.294. The second-order valence-corrected chi connectivity index (χ2v) is 5.93. The Bertz CT molecular complexity index is 317. The first-order chi connectivity index (χ1) is 9.06. The molecule has 2 rings (SSSR count). The molecule has 0 aromatic carbocycles. The van der Waals surface area contributed by atoms with E-state index < -0.39 is 6.04 Å². The van der Waals surface area contributed by atoms with Gasteiger partial charge in [0.2, 0.25) is 5.91 Å². The minimum atomic E-state index is -0.439. The van der Waals surface area contributed by atoms with Crippen LogP contribution in [0.2, 0.25) is 0 Å². The van der Waals surface area contributed by atoms with Gasteiger partial charge < -0.3 is 15.8 Å². The smallest absolute Gasteiger partial charge is 0.236 e. The Morgan fingerprint density at radius 3 is 2.19 bits per heavy atom. The number of carbonyl (C=O) groups excluding carboxylic acids is 1. The molecule has 1 amide bonds. The summed E-state index contributed by atoms with van der Waals surface area (Å²) in [4.78, 5) is 14.4. The molecule has 2 fully saturated rings. The molecule has 0 spiro atoms. The Labute approximate surface area is 140 Å². The second kappa shape index (κ2) is 9.16. The summed E-state index contributed by atoms with van der Waals surface area (Å²) in [6.45, 7) is 7.40. The quantitative estimate of drug-likeness (QED) is 0.809. The molecule has 1 saturated heterocycles. The van der Waals surface area contributed by atoms with Gasteiger partial charge in [0.1, 0.15) is 0 Å². The van der Waals surface area contributed by atoms with Crippen LogP contribution in [0.4, 0.5) is 0 Å². The van der Waals surface area contributed by atoms with E-state index in [0.29, 0.717) is 0 Å². The number of ether oxygens (including phenoxy) is 1. The highest BCUT2D eigenvalue weighted by Crippen LogP contribution is 2.38. The van der Waals surface area contributed by atoms with E-state index >= 15 is 0 Å². The fourth-order valence-electron chi connectivity index (χ4n) is 3.50. The van der Waals surface area contributed by atoms with Crippen molar-refractivity contribution in [3.8, 4) is 0 Å². The molecule has 0 aromatic rings. The standard InChI is InChI=1S/C14H27N3O2.2ClH/c1-11(15)13(18)16-12(2)14(5-3-4-6-14)17-7-9-19-10-8-17;;/h11-12H,3-10,15H2,1-2H3,(H,16,18);2*1H. The molecule has 126 valence electrons. The first kappa shape index (κ1) is 20.9. The summed E-state index contributed by atoms with van der Waals surface area (Å²) < 4.78 is 5.45. The minimum Gasteiger partial charge on any atom is -0.379 e. The zero-order chi connectivity index (χ0) is 13.9. The normalized spacial score (nSPS) is 24.3. The number of morpholine rings is 1. The monoisotopic (exact) mass is 341 g/mol. The van der Waals surface area contributed by atoms with Crippen LogP contribution < -0.4 is 11.1 Å². The number of nitrogens with one attached hydrogen (secondary N) is 1. The van der Waals surface area contributed by atoms with E-state index in [0.717, 1.165) is 39.1 Å². The number of rotatable bonds is 4. The summed E-state index contributed by atoms with van der Waals surface area (Å²) in [5.41, 5.74) is 5.76. The van der Waals surface area contributed by atoms with Crippen LogP contribution in [-0.2, 0) is 9.53 Å². The maximum atomic E-state index is 11.9. The molecule has 1 heterocycles. The molecular weight excluding hydrogens is 313 g/mol. The van der Waals surface area contributed by atoms with Crippen LogP contribution in [-0.4, -0.2) is 54.7 Å². The lowest BCUT2D eigenvalue weighted by molar-refractivity contribution is -0.124. The van der Waals surface area contributed by atoms with Gasteiger partial charge in [-0.1, -0.05) is 12.8 Å². The van der Waals surface area contributed by atoms with Gasteiger partial charge in [-0.05, 0) is 26.7 Å². The maximum absolute atomic E-state index is 11.9. The topological polar surface area (TPSA) is 67.6 Å². The van der Waals surface area contributed by atoms with E-state index in [-0.39, 0.29) is 42.3 Å². The van der Waals surface area contributed by atoms with Gasteiger partial charge in [-0.3, -0.25) is 9.69 Å². The van der Waals surface area contributed by atoms with E-state index in [2.05, 4.69) is 17.1 Å². The summed E-state index contributed by atoms with van der Waals surface area (Å²) in [7, 11) is 0. The summed E-state index contributed by atoms with van der Waals surface area (Å²) >= 11 is 0. The first-order valence-electron chi connectivity index (χ1n) is 7.45. The van der Waals surface area contributed by atoms with Gasteiger partial charge in [0.05, 0.1) is 19.3 Å². The van der Waals surface area contributed by atoms with E-state index in [1.54, 1.807) is 6.92 Å². The van der Waals surface area contributed by atoms with Crippen molar-refractivity contribution < 1.29 is 9.53 Å². The predicted octanol–water partition coefficient (Wildman–Crippen LogP) is 1.33. The van der Waals surface area contributed by atoms with E-state index in [9.17, 15) is 4.79 Å². The lowest BCUT2D eigenvalue weighted by Gasteiger charge is -2.47. The lowest BCUT2D eigenvalue weighted by atomic mass is 9.86. The third-order valence-electron chi connectivity index (χ3n) is 4.69. The van der Waals surface area contributed by atoms with Crippen molar-refractivity contribution in [2.24, 2.45) is 5.73 Å². The predicted molar refractivity (Wildman–Crippen MR) is 89.3 cm³/mol.